The molecule has 2 rings (SSSR count). The summed E-state index contributed by atoms with van der Waals surface area (Å²) in [5.41, 5.74) is 2.48. The summed E-state index contributed by atoms with van der Waals surface area (Å²) in [7, 11) is 0. The molecule has 0 spiro atoms. The lowest BCUT2D eigenvalue weighted by Gasteiger charge is -2.06. The van der Waals surface area contributed by atoms with Crippen molar-refractivity contribution < 1.29 is 5.11 Å². The molecular formula is C11H13ClO. The molecule has 0 aromatic heterocycles. The number of aliphatic hydroxyl groups is 1. The molecule has 0 bridgehead atoms. The molecule has 0 heterocycles. The van der Waals surface area contributed by atoms with Crippen molar-refractivity contribution in [2.24, 2.45) is 5.92 Å². The summed E-state index contributed by atoms with van der Waals surface area (Å²) in [6.07, 6.45) is 1.08. The van der Waals surface area contributed by atoms with Crippen LogP contribution in [0.2, 0.25) is 5.02 Å². The largest absolute Gasteiger partial charge is 0.396 e. The van der Waals surface area contributed by atoms with Gasteiger partial charge in [0.1, 0.15) is 0 Å². The average Bonchev–Trinajstić information content (AvgIpc) is 2.83. The maximum atomic E-state index is 8.98. The van der Waals surface area contributed by atoms with Crippen LogP contribution < -0.4 is 0 Å². The third-order valence-corrected chi connectivity index (χ3v) is 3.13. The van der Waals surface area contributed by atoms with Gasteiger partial charge in [-0.3, -0.25) is 0 Å². The van der Waals surface area contributed by atoms with Crippen LogP contribution in [-0.4, -0.2) is 11.7 Å². The summed E-state index contributed by atoms with van der Waals surface area (Å²) >= 11 is 6.11. The lowest BCUT2D eigenvalue weighted by Crippen LogP contribution is -1.92. The van der Waals surface area contributed by atoms with Gasteiger partial charge in [0, 0.05) is 11.6 Å². The first kappa shape index (κ1) is 9.04. The molecule has 1 aromatic rings. The van der Waals surface area contributed by atoms with Crippen molar-refractivity contribution >= 4 is 11.6 Å². The topological polar surface area (TPSA) is 20.2 Å². The fourth-order valence-electron chi connectivity index (χ4n) is 1.92. The van der Waals surface area contributed by atoms with Crippen LogP contribution in [0.4, 0.5) is 0 Å². The Kier molecular flexibility index (Phi) is 2.31. The first-order valence-electron chi connectivity index (χ1n) is 4.60. The molecule has 70 valence electrons. The van der Waals surface area contributed by atoms with Crippen LogP contribution in [0, 0.1) is 12.8 Å². The Balaban J connectivity index is 2.30. The third-order valence-electron chi connectivity index (χ3n) is 2.80. The summed E-state index contributed by atoms with van der Waals surface area (Å²) in [6.45, 7) is 2.36. The van der Waals surface area contributed by atoms with Crippen LogP contribution in [0.5, 0.6) is 0 Å². The van der Waals surface area contributed by atoms with Gasteiger partial charge in [-0.15, -0.1) is 0 Å². The van der Waals surface area contributed by atoms with Crippen molar-refractivity contribution in [1.82, 2.24) is 0 Å². The fourth-order valence-corrected chi connectivity index (χ4v) is 2.28. The molecule has 1 aromatic carbocycles. The Morgan fingerprint density at radius 1 is 1.54 bits per heavy atom. The molecule has 2 heteroatoms. The number of rotatable bonds is 2. The molecule has 1 aliphatic rings. The highest BCUT2D eigenvalue weighted by atomic mass is 35.5. The minimum atomic E-state index is 0.287. The van der Waals surface area contributed by atoms with Gasteiger partial charge < -0.3 is 5.11 Å². The van der Waals surface area contributed by atoms with E-state index in [1.807, 2.05) is 12.1 Å². The number of benzene rings is 1. The molecule has 0 radical (unpaired) electrons. The van der Waals surface area contributed by atoms with E-state index < -0.39 is 0 Å². The van der Waals surface area contributed by atoms with E-state index in [1.165, 1.54) is 11.1 Å². The van der Waals surface area contributed by atoms with Crippen molar-refractivity contribution in [1.29, 1.82) is 0 Å². The van der Waals surface area contributed by atoms with Gasteiger partial charge in [0.25, 0.3) is 0 Å². The van der Waals surface area contributed by atoms with E-state index in [1.54, 1.807) is 0 Å². The standard InChI is InChI=1S/C11H13ClO/c1-7-3-2-4-10(12)11(7)9-5-8(9)6-13/h2-4,8-9,13H,5-6H2,1H3. The van der Waals surface area contributed by atoms with Crippen molar-refractivity contribution in [2.75, 3.05) is 6.61 Å². The highest BCUT2D eigenvalue weighted by molar-refractivity contribution is 6.31. The second-order valence-corrected chi connectivity index (χ2v) is 4.16. The van der Waals surface area contributed by atoms with Crippen LogP contribution in [0.1, 0.15) is 23.5 Å². The highest BCUT2D eigenvalue weighted by Crippen LogP contribution is 2.50. The van der Waals surface area contributed by atoms with Crippen molar-refractivity contribution in [3.63, 3.8) is 0 Å². The zero-order valence-corrected chi connectivity index (χ0v) is 8.38. The summed E-state index contributed by atoms with van der Waals surface area (Å²) < 4.78 is 0. The fraction of sp³-hybridized carbons (Fsp3) is 0.455. The first-order chi connectivity index (χ1) is 6.24. The molecule has 1 fully saturated rings. The Labute approximate surface area is 83.3 Å². The van der Waals surface area contributed by atoms with Gasteiger partial charge in [-0.2, -0.15) is 0 Å². The maximum Gasteiger partial charge on any atom is 0.0465 e. The van der Waals surface area contributed by atoms with Gasteiger partial charge in [-0.1, -0.05) is 23.7 Å². The molecule has 0 saturated heterocycles. The summed E-state index contributed by atoms with van der Waals surface area (Å²) in [5.74, 6) is 0.942. The van der Waals surface area contributed by atoms with E-state index in [2.05, 4.69) is 13.0 Å². The summed E-state index contributed by atoms with van der Waals surface area (Å²) in [4.78, 5) is 0. The van der Waals surface area contributed by atoms with E-state index in [-0.39, 0.29) is 6.61 Å². The number of aliphatic hydroxyl groups excluding tert-OH is 1. The second kappa shape index (κ2) is 3.32. The first-order valence-corrected chi connectivity index (χ1v) is 4.97. The molecule has 1 saturated carbocycles. The zero-order valence-electron chi connectivity index (χ0n) is 7.63. The summed E-state index contributed by atoms with van der Waals surface area (Å²) in [5, 5.41) is 9.82. The van der Waals surface area contributed by atoms with Crippen LogP contribution in [0.15, 0.2) is 18.2 Å². The van der Waals surface area contributed by atoms with Gasteiger partial charge >= 0.3 is 0 Å². The minimum Gasteiger partial charge on any atom is -0.396 e. The second-order valence-electron chi connectivity index (χ2n) is 3.76. The van der Waals surface area contributed by atoms with E-state index in [0.29, 0.717) is 11.8 Å². The molecule has 13 heavy (non-hydrogen) atoms. The predicted octanol–water partition coefficient (Wildman–Crippen LogP) is 2.74. The molecule has 0 aliphatic heterocycles. The normalized spacial score (nSPS) is 26.1. The molecule has 1 N–H and O–H groups in total. The Morgan fingerprint density at radius 3 is 2.85 bits per heavy atom. The van der Waals surface area contributed by atoms with Crippen LogP contribution in [-0.2, 0) is 0 Å². The molecule has 2 atom stereocenters. The number of hydrogen-bond donors (Lipinski definition) is 1. The zero-order chi connectivity index (χ0) is 9.42. The van der Waals surface area contributed by atoms with Crippen molar-refractivity contribution in [2.45, 2.75) is 19.3 Å². The molecule has 0 amide bonds. The number of aryl methyl sites for hydroxylation is 1. The van der Waals surface area contributed by atoms with Gasteiger partial charge in [0.2, 0.25) is 0 Å². The van der Waals surface area contributed by atoms with E-state index in [9.17, 15) is 0 Å². The van der Waals surface area contributed by atoms with Crippen molar-refractivity contribution in [3.8, 4) is 0 Å². The average molecular weight is 197 g/mol. The van der Waals surface area contributed by atoms with Crippen molar-refractivity contribution in [3.05, 3.63) is 34.3 Å². The maximum absolute atomic E-state index is 8.98. The summed E-state index contributed by atoms with van der Waals surface area (Å²) in [6, 6.07) is 5.97. The lowest BCUT2D eigenvalue weighted by atomic mass is 10.0. The van der Waals surface area contributed by atoms with Gasteiger partial charge in [-0.05, 0) is 42.4 Å². The number of halogens is 1. The minimum absolute atomic E-state index is 0.287. The SMILES string of the molecule is Cc1cccc(Cl)c1C1CC1CO. The molecule has 1 nitrogen and oxygen atoms in total. The Bertz CT molecular complexity index is 302. The van der Waals surface area contributed by atoms with Gasteiger partial charge in [0.05, 0.1) is 0 Å². The van der Waals surface area contributed by atoms with Gasteiger partial charge in [-0.25, -0.2) is 0 Å². The molecular weight excluding hydrogens is 184 g/mol. The lowest BCUT2D eigenvalue weighted by molar-refractivity contribution is 0.274. The van der Waals surface area contributed by atoms with E-state index in [0.717, 1.165) is 11.4 Å². The third kappa shape index (κ3) is 1.59. The molecule has 2 unspecified atom stereocenters. The van der Waals surface area contributed by atoms with Crippen LogP contribution >= 0.6 is 11.6 Å². The van der Waals surface area contributed by atoms with Gasteiger partial charge in [0.15, 0.2) is 0 Å². The number of hydrogen-bond acceptors (Lipinski definition) is 1. The molecule has 1 aliphatic carbocycles. The monoisotopic (exact) mass is 196 g/mol. The van der Waals surface area contributed by atoms with E-state index >= 15 is 0 Å². The Hall–Kier alpha value is -0.530. The predicted molar refractivity (Wildman–Crippen MR) is 54.1 cm³/mol. The highest BCUT2D eigenvalue weighted by Gasteiger charge is 2.39. The van der Waals surface area contributed by atoms with Crippen LogP contribution in [0.3, 0.4) is 0 Å². The Morgan fingerprint density at radius 2 is 2.31 bits per heavy atom. The van der Waals surface area contributed by atoms with E-state index in [4.69, 9.17) is 16.7 Å². The van der Waals surface area contributed by atoms with Crippen LogP contribution in [0.25, 0.3) is 0 Å². The smallest absolute Gasteiger partial charge is 0.0465 e. The quantitative estimate of drug-likeness (QED) is 0.771.